The molecule has 1 unspecified atom stereocenters. The van der Waals surface area contributed by atoms with Crippen LogP contribution in [-0.2, 0) is 6.42 Å². The van der Waals surface area contributed by atoms with Gasteiger partial charge in [-0.2, -0.15) is 0 Å². The van der Waals surface area contributed by atoms with Gasteiger partial charge in [0, 0.05) is 6.04 Å². The number of ether oxygens (including phenoxy) is 1. The maximum Gasteiger partial charge on any atom is 0.133 e. The second-order valence-corrected chi connectivity index (χ2v) is 5.75. The van der Waals surface area contributed by atoms with E-state index in [1.165, 1.54) is 5.56 Å². The molecule has 0 fully saturated rings. The summed E-state index contributed by atoms with van der Waals surface area (Å²) in [5, 5.41) is 0. The number of nitrogens with two attached hydrogens (primary N) is 1. The van der Waals surface area contributed by atoms with Gasteiger partial charge in [0.2, 0.25) is 0 Å². The molecule has 0 heterocycles. The summed E-state index contributed by atoms with van der Waals surface area (Å²) in [7, 11) is 1.68. The summed E-state index contributed by atoms with van der Waals surface area (Å²) in [6, 6.07) is 6.51. The van der Waals surface area contributed by atoms with Crippen LogP contribution in [-0.4, -0.2) is 13.2 Å². The van der Waals surface area contributed by atoms with Crippen molar-refractivity contribution < 1.29 is 4.74 Å². The molecule has 17 heavy (non-hydrogen) atoms. The van der Waals surface area contributed by atoms with Crippen LogP contribution in [0.25, 0.3) is 0 Å². The van der Waals surface area contributed by atoms with Gasteiger partial charge >= 0.3 is 0 Å². The molecule has 1 rings (SSSR count). The topological polar surface area (TPSA) is 35.2 Å². The summed E-state index contributed by atoms with van der Waals surface area (Å²) < 4.78 is 6.22. The third-order valence-electron chi connectivity index (χ3n) is 2.79. The molecule has 0 aromatic heterocycles. The normalized spacial score (nSPS) is 12.8. The molecule has 96 valence electrons. The van der Waals surface area contributed by atoms with Crippen molar-refractivity contribution >= 4 is 15.9 Å². The minimum atomic E-state index is 0.302. The van der Waals surface area contributed by atoms with E-state index in [1.807, 2.05) is 6.07 Å². The van der Waals surface area contributed by atoms with E-state index in [-0.39, 0.29) is 0 Å². The Labute approximate surface area is 113 Å². The number of hydrogen-bond acceptors (Lipinski definition) is 2. The molecule has 1 aromatic rings. The minimum Gasteiger partial charge on any atom is -0.496 e. The first kappa shape index (κ1) is 14.5. The molecule has 2 N–H and O–H groups in total. The zero-order chi connectivity index (χ0) is 12.8. The van der Waals surface area contributed by atoms with Crippen LogP contribution in [0.15, 0.2) is 22.7 Å². The van der Waals surface area contributed by atoms with E-state index >= 15 is 0 Å². The lowest BCUT2D eigenvalue weighted by atomic mass is 9.98. The van der Waals surface area contributed by atoms with Crippen molar-refractivity contribution in [2.24, 2.45) is 11.7 Å². The Morgan fingerprint density at radius 2 is 2.06 bits per heavy atom. The van der Waals surface area contributed by atoms with Gasteiger partial charge in [-0.3, -0.25) is 0 Å². The molecule has 0 saturated heterocycles. The molecule has 0 saturated carbocycles. The van der Waals surface area contributed by atoms with Crippen molar-refractivity contribution in [3.8, 4) is 5.75 Å². The molecule has 2 nitrogen and oxygen atoms in total. The average molecular weight is 300 g/mol. The minimum absolute atomic E-state index is 0.302. The molecule has 0 spiro atoms. The summed E-state index contributed by atoms with van der Waals surface area (Å²) in [6.07, 6.45) is 3.16. The predicted molar refractivity (Wildman–Crippen MR) is 76.4 cm³/mol. The van der Waals surface area contributed by atoms with Gasteiger partial charge in [-0.25, -0.2) is 0 Å². The summed E-state index contributed by atoms with van der Waals surface area (Å²) in [5.74, 6) is 1.55. The first-order chi connectivity index (χ1) is 8.02. The fourth-order valence-electron chi connectivity index (χ4n) is 1.94. The molecule has 0 aliphatic rings. The monoisotopic (exact) mass is 299 g/mol. The first-order valence-electron chi connectivity index (χ1n) is 6.11. The lowest BCUT2D eigenvalue weighted by Crippen LogP contribution is -2.22. The van der Waals surface area contributed by atoms with E-state index in [0.29, 0.717) is 12.0 Å². The van der Waals surface area contributed by atoms with Gasteiger partial charge in [0.25, 0.3) is 0 Å². The van der Waals surface area contributed by atoms with E-state index in [2.05, 4.69) is 41.9 Å². The smallest absolute Gasteiger partial charge is 0.133 e. The molecule has 0 aliphatic carbocycles. The van der Waals surface area contributed by atoms with E-state index < -0.39 is 0 Å². The van der Waals surface area contributed by atoms with Gasteiger partial charge in [-0.1, -0.05) is 19.9 Å². The van der Waals surface area contributed by atoms with Crippen LogP contribution in [0.5, 0.6) is 5.75 Å². The Balaban J connectivity index is 2.49. The highest BCUT2D eigenvalue weighted by Gasteiger charge is 2.07. The van der Waals surface area contributed by atoms with E-state index in [4.69, 9.17) is 10.5 Å². The molecular formula is C14H22BrNO. The number of aryl methyl sites for hydroxylation is 1. The SMILES string of the molecule is COc1ccc(CCC(N)CC(C)C)cc1Br. The summed E-state index contributed by atoms with van der Waals surface area (Å²) >= 11 is 3.50. The molecule has 0 amide bonds. The number of hydrogen-bond donors (Lipinski definition) is 1. The molecule has 0 radical (unpaired) electrons. The van der Waals surface area contributed by atoms with E-state index in [9.17, 15) is 0 Å². The van der Waals surface area contributed by atoms with Gasteiger partial charge in [0.05, 0.1) is 11.6 Å². The summed E-state index contributed by atoms with van der Waals surface area (Å²) in [5.41, 5.74) is 7.38. The fraction of sp³-hybridized carbons (Fsp3) is 0.571. The van der Waals surface area contributed by atoms with Crippen LogP contribution in [0.2, 0.25) is 0 Å². The van der Waals surface area contributed by atoms with Gasteiger partial charge in [0.15, 0.2) is 0 Å². The third kappa shape index (κ3) is 5.09. The van der Waals surface area contributed by atoms with Gasteiger partial charge in [0.1, 0.15) is 5.75 Å². The van der Waals surface area contributed by atoms with E-state index in [0.717, 1.165) is 29.5 Å². The number of rotatable bonds is 6. The lowest BCUT2D eigenvalue weighted by molar-refractivity contribution is 0.412. The van der Waals surface area contributed by atoms with Crippen LogP contribution < -0.4 is 10.5 Å². The highest BCUT2D eigenvalue weighted by Crippen LogP contribution is 2.26. The maximum absolute atomic E-state index is 6.08. The lowest BCUT2D eigenvalue weighted by Gasteiger charge is -2.14. The third-order valence-corrected chi connectivity index (χ3v) is 3.41. The van der Waals surface area contributed by atoms with Crippen molar-refractivity contribution in [3.63, 3.8) is 0 Å². The highest BCUT2D eigenvalue weighted by atomic mass is 79.9. The van der Waals surface area contributed by atoms with Crippen molar-refractivity contribution in [2.45, 2.75) is 39.2 Å². The zero-order valence-electron chi connectivity index (χ0n) is 10.9. The largest absolute Gasteiger partial charge is 0.496 e. The van der Waals surface area contributed by atoms with Crippen molar-refractivity contribution in [1.29, 1.82) is 0 Å². The van der Waals surface area contributed by atoms with Gasteiger partial charge in [-0.15, -0.1) is 0 Å². The maximum atomic E-state index is 6.08. The Kier molecular flexibility index (Phi) is 6.00. The molecule has 0 bridgehead atoms. The van der Waals surface area contributed by atoms with Crippen LogP contribution in [0.1, 0.15) is 32.3 Å². The summed E-state index contributed by atoms with van der Waals surface area (Å²) in [4.78, 5) is 0. The second-order valence-electron chi connectivity index (χ2n) is 4.90. The van der Waals surface area contributed by atoms with Crippen molar-refractivity contribution in [3.05, 3.63) is 28.2 Å². The molecule has 1 atom stereocenters. The first-order valence-corrected chi connectivity index (χ1v) is 6.90. The fourth-order valence-corrected chi connectivity index (χ4v) is 2.53. The van der Waals surface area contributed by atoms with E-state index in [1.54, 1.807) is 7.11 Å². The standard InChI is InChI=1S/C14H22BrNO/c1-10(2)8-12(16)6-4-11-5-7-14(17-3)13(15)9-11/h5,7,9-10,12H,4,6,8,16H2,1-3H3. The molecule has 0 aliphatic heterocycles. The predicted octanol–water partition coefficient (Wildman–Crippen LogP) is 3.76. The highest BCUT2D eigenvalue weighted by molar-refractivity contribution is 9.10. The molecule has 3 heteroatoms. The molecule has 1 aromatic carbocycles. The Bertz CT molecular complexity index is 352. The quantitative estimate of drug-likeness (QED) is 0.868. The van der Waals surface area contributed by atoms with Crippen LogP contribution in [0.4, 0.5) is 0 Å². The number of methoxy groups -OCH3 is 1. The Morgan fingerprint density at radius 3 is 2.59 bits per heavy atom. The second kappa shape index (κ2) is 7.02. The molecular weight excluding hydrogens is 278 g/mol. The van der Waals surface area contributed by atoms with Gasteiger partial charge < -0.3 is 10.5 Å². The number of benzene rings is 1. The van der Waals surface area contributed by atoms with Gasteiger partial charge in [-0.05, 0) is 58.8 Å². The van der Waals surface area contributed by atoms with Crippen LogP contribution in [0, 0.1) is 5.92 Å². The van der Waals surface area contributed by atoms with Crippen molar-refractivity contribution in [2.75, 3.05) is 7.11 Å². The van der Waals surface area contributed by atoms with Crippen molar-refractivity contribution in [1.82, 2.24) is 0 Å². The number of halogens is 1. The average Bonchev–Trinajstić information content (AvgIpc) is 2.25. The Hall–Kier alpha value is -0.540. The van der Waals surface area contributed by atoms with Crippen LogP contribution >= 0.6 is 15.9 Å². The zero-order valence-corrected chi connectivity index (χ0v) is 12.5. The van der Waals surface area contributed by atoms with Crippen LogP contribution in [0.3, 0.4) is 0 Å². The Morgan fingerprint density at radius 1 is 1.35 bits per heavy atom. The summed E-state index contributed by atoms with van der Waals surface area (Å²) in [6.45, 7) is 4.42.